The van der Waals surface area contributed by atoms with E-state index in [2.05, 4.69) is 52.1 Å². The van der Waals surface area contributed by atoms with E-state index in [4.69, 9.17) is 9.47 Å². The third-order valence-corrected chi connectivity index (χ3v) is 4.15. The Morgan fingerprint density at radius 3 is 2.52 bits per heavy atom. The Kier molecular flexibility index (Phi) is 7.17. The van der Waals surface area contributed by atoms with E-state index < -0.39 is 0 Å². The van der Waals surface area contributed by atoms with Crippen molar-refractivity contribution in [2.24, 2.45) is 0 Å². The van der Waals surface area contributed by atoms with E-state index in [1.165, 1.54) is 11.1 Å². The minimum absolute atomic E-state index is 0.520. The number of ether oxygens (including phenoxy) is 2. The van der Waals surface area contributed by atoms with Crippen molar-refractivity contribution >= 4 is 15.9 Å². The monoisotopic (exact) mass is 376 g/mol. The Bertz CT molecular complexity index is 626. The molecule has 2 N–H and O–H groups in total. The van der Waals surface area contributed by atoms with Gasteiger partial charge < -0.3 is 14.8 Å². The van der Waals surface area contributed by atoms with Crippen molar-refractivity contribution in [1.82, 2.24) is 0 Å². The van der Waals surface area contributed by atoms with Gasteiger partial charge in [0.15, 0.2) is 0 Å². The summed E-state index contributed by atoms with van der Waals surface area (Å²) >= 11 is 3.55. The summed E-state index contributed by atoms with van der Waals surface area (Å²) in [5.74, 6) is 1.76. The molecule has 0 amide bonds. The van der Waals surface area contributed by atoms with Crippen LogP contribution >= 0.6 is 15.9 Å². The summed E-state index contributed by atoms with van der Waals surface area (Å²) in [6, 6.07) is 14.5. The van der Waals surface area contributed by atoms with Crippen LogP contribution in [0.25, 0.3) is 0 Å². The standard InChI is InChI=1S/C19H22BrNO2/c1-3-12-23-19-9-6-16(13-18(19)20)14-21-11-10-15-4-7-17(22-2)8-5-15/h3-9,13,21H,1,10-12,14H2,2H3/p+1. The first-order chi connectivity index (χ1) is 11.2. The molecule has 4 heteroatoms. The maximum absolute atomic E-state index is 5.56. The van der Waals surface area contributed by atoms with Gasteiger partial charge in [0, 0.05) is 12.0 Å². The topological polar surface area (TPSA) is 35.1 Å². The molecule has 0 fully saturated rings. The minimum Gasteiger partial charge on any atom is -0.497 e. The van der Waals surface area contributed by atoms with E-state index in [0.29, 0.717) is 6.61 Å². The minimum atomic E-state index is 0.520. The van der Waals surface area contributed by atoms with Crippen LogP contribution in [0.5, 0.6) is 11.5 Å². The summed E-state index contributed by atoms with van der Waals surface area (Å²) in [4.78, 5) is 0. The third kappa shape index (κ3) is 5.73. The van der Waals surface area contributed by atoms with Crippen molar-refractivity contribution in [3.05, 3.63) is 70.7 Å². The molecule has 0 spiro atoms. The number of nitrogens with two attached hydrogens (primary N) is 1. The molecule has 0 saturated heterocycles. The van der Waals surface area contributed by atoms with E-state index in [9.17, 15) is 0 Å². The molecule has 0 aliphatic heterocycles. The van der Waals surface area contributed by atoms with Crippen molar-refractivity contribution in [3.8, 4) is 11.5 Å². The molecule has 122 valence electrons. The average Bonchev–Trinajstić information content (AvgIpc) is 2.58. The number of quaternary nitrogens is 1. The fourth-order valence-electron chi connectivity index (χ4n) is 2.27. The molecule has 2 aromatic rings. The zero-order chi connectivity index (χ0) is 16.5. The number of hydrogen-bond donors (Lipinski definition) is 1. The van der Waals surface area contributed by atoms with Crippen molar-refractivity contribution in [2.45, 2.75) is 13.0 Å². The van der Waals surface area contributed by atoms with E-state index in [-0.39, 0.29) is 0 Å². The van der Waals surface area contributed by atoms with Crippen molar-refractivity contribution in [3.63, 3.8) is 0 Å². The lowest BCUT2D eigenvalue weighted by Gasteiger charge is -2.08. The van der Waals surface area contributed by atoms with Gasteiger partial charge >= 0.3 is 0 Å². The van der Waals surface area contributed by atoms with E-state index in [0.717, 1.165) is 35.5 Å². The largest absolute Gasteiger partial charge is 0.497 e. The van der Waals surface area contributed by atoms with Gasteiger partial charge in [-0.05, 0) is 51.8 Å². The quantitative estimate of drug-likeness (QED) is 0.538. The zero-order valence-electron chi connectivity index (χ0n) is 13.4. The molecule has 0 saturated carbocycles. The highest BCUT2D eigenvalue weighted by Gasteiger charge is 2.04. The molecule has 23 heavy (non-hydrogen) atoms. The van der Waals surface area contributed by atoms with Crippen molar-refractivity contribution < 1.29 is 14.8 Å². The van der Waals surface area contributed by atoms with Crippen LogP contribution < -0.4 is 14.8 Å². The second-order valence-electron chi connectivity index (χ2n) is 5.24. The first-order valence-electron chi connectivity index (χ1n) is 7.69. The van der Waals surface area contributed by atoms with Gasteiger partial charge in [-0.2, -0.15) is 0 Å². The van der Waals surface area contributed by atoms with E-state index in [1.54, 1.807) is 13.2 Å². The van der Waals surface area contributed by atoms with Gasteiger partial charge in [0.1, 0.15) is 24.7 Å². The summed E-state index contributed by atoms with van der Waals surface area (Å²) in [6.07, 6.45) is 2.79. The van der Waals surface area contributed by atoms with Crippen LogP contribution in [0.4, 0.5) is 0 Å². The second-order valence-corrected chi connectivity index (χ2v) is 6.10. The average molecular weight is 377 g/mol. The lowest BCUT2D eigenvalue weighted by molar-refractivity contribution is -0.670. The molecule has 0 atom stereocenters. The molecule has 0 aliphatic rings. The summed E-state index contributed by atoms with van der Waals surface area (Å²) < 4.78 is 11.7. The maximum atomic E-state index is 5.56. The lowest BCUT2D eigenvalue weighted by atomic mass is 10.1. The highest BCUT2D eigenvalue weighted by Crippen LogP contribution is 2.25. The summed E-state index contributed by atoms with van der Waals surface area (Å²) in [5, 5.41) is 2.32. The van der Waals surface area contributed by atoms with Crippen LogP contribution in [0.2, 0.25) is 0 Å². The Morgan fingerprint density at radius 2 is 1.87 bits per heavy atom. The second kappa shape index (κ2) is 9.38. The van der Waals surface area contributed by atoms with Crippen LogP contribution in [0.3, 0.4) is 0 Å². The molecule has 2 aromatic carbocycles. The van der Waals surface area contributed by atoms with Gasteiger partial charge in [-0.1, -0.05) is 24.8 Å². The number of rotatable bonds is 9. The van der Waals surface area contributed by atoms with Crippen LogP contribution in [0, 0.1) is 0 Å². The van der Waals surface area contributed by atoms with Crippen LogP contribution in [-0.2, 0) is 13.0 Å². The third-order valence-electron chi connectivity index (χ3n) is 3.53. The fraction of sp³-hybridized carbons (Fsp3) is 0.263. The summed E-state index contributed by atoms with van der Waals surface area (Å²) in [7, 11) is 1.69. The van der Waals surface area contributed by atoms with Crippen LogP contribution in [0.1, 0.15) is 11.1 Å². The molecule has 0 aromatic heterocycles. The number of halogens is 1. The predicted molar refractivity (Wildman–Crippen MR) is 97.0 cm³/mol. The molecular weight excluding hydrogens is 354 g/mol. The Hall–Kier alpha value is -1.78. The highest BCUT2D eigenvalue weighted by molar-refractivity contribution is 9.10. The normalized spacial score (nSPS) is 10.3. The van der Waals surface area contributed by atoms with Gasteiger partial charge in [0.25, 0.3) is 0 Å². The predicted octanol–water partition coefficient (Wildman–Crippen LogP) is 3.33. The highest BCUT2D eigenvalue weighted by atomic mass is 79.9. The molecular formula is C19H23BrNO2+. The van der Waals surface area contributed by atoms with Gasteiger partial charge in [-0.3, -0.25) is 0 Å². The summed E-state index contributed by atoms with van der Waals surface area (Å²) in [5.41, 5.74) is 2.61. The summed E-state index contributed by atoms with van der Waals surface area (Å²) in [6.45, 7) is 6.18. The first-order valence-corrected chi connectivity index (χ1v) is 8.49. The Labute approximate surface area is 146 Å². The Morgan fingerprint density at radius 1 is 1.13 bits per heavy atom. The zero-order valence-corrected chi connectivity index (χ0v) is 15.0. The van der Waals surface area contributed by atoms with Crippen LogP contribution in [-0.4, -0.2) is 20.3 Å². The maximum Gasteiger partial charge on any atom is 0.133 e. The number of benzene rings is 2. The molecule has 0 bridgehead atoms. The van der Waals surface area contributed by atoms with Gasteiger partial charge in [-0.25, -0.2) is 0 Å². The molecule has 0 radical (unpaired) electrons. The first kappa shape index (κ1) is 17.6. The molecule has 0 aliphatic carbocycles. The lowest BCUT2D eigenvalue weighted by Crippen LogP contribution is -2.83. The van der Waals surface area contributed by atoms with E-state index >= 15 is 0 Å². The van der Waals surface area contributed by atoms with Gasteiger partial charge in [-0.15, -0.1) is 0 Å². The number of hydrogen-bond acceptors (Lipinski definition) is 2. The fourth-order valence-corrected chi connectivity index (χ4v) is 2.81. The molecule has 3 nitrogen and oxygen atoms in total. The van der Waals surface area contributed by atoms with Crippen molar-refractivity contribution in [2.75, 3.05) is 20.3 Å². The molecule has 0 heterocycles. The van der Waals surface area contributed by atoms with Crippen LogP contribution in [0.15, 0.2) is 59.6 Å². The van der Waals surface area contributed by atoms with Gasteiger partial charge in [0.05, 0.1) is 18.1 Å². The Balaban J connectivity index is 1.77. The smallest absolute Gasteiger partial charge is 0.133 e. The van der Waals surface area contributed by atoms with E-state index in [1.807, 2.05) is 18.2 Å². The molecule has 2 rings (SSSR count). The molecule has 0 unspecified atom stereocenters. The van der Waals surface area contributed by atoms with Crippen molar-refractivity contribution in [1.29, 1.82) is 0 Å². The SMILES string of the molecule is C=CCOc1ccc(C[NH2+]CCc2ccc(OC)cc2)cc1Br. The van der Waals surface area contributed by atoms with Gasteiger partial charge in [0.2, 0.25) is 0 Å². The number of methoxy groups -OCH3 is 1.